The summed E-state index contributed by atoms with van der Waals surface area (Å²) in [6.45, 7) is 5.26. The molecule has 5 rings (SSSR count). The fourth-order valence-electron chi connectivity index (χ4n) is 4.44. The summed E-state index contributed by atoms with van der Waals surface area (Å²) in [5.74, 6) is 1.42. The molecule has 2 aromatic carbocycles. The molecule has 0 aliphatic carbocycles. The third-order valence-corrected chi connectivity index (χ3v) is 7.40. The van der Waals surface area contributed by atoms with E-state index in [-0.39, 0.29) is 0 Å². The number of sulfonamides is 1. The lowest BCUT2D eigenvalue weighted by atomic mass is 10.0. The van der Waals surface area contributed by atoms with Crippen molar-refractivity contribution >= 4 is 60.5 Å². The Morgan fingerprint density at radius 3 is 2.51 bits per heavy atom. The number of halogens is 1. The number of hydrogen-bond acceptors (Lipinski definition) is 10. The van der Waals surface area contributed by atoms with E-state index in [1.54, 1.807) is 35.1 Å². The van der Waals surface area contributed by atoms with E-state index in [1.165, 1.54) is 0 Å². The number of aryl methyl sites for hydroxylation is 1. The van der Waals surface area contributed by atoms with Gasteiger partial charge in [0.05, 0.1) is 53.8 Å². The fourth-order valence-corrected chi connectivity index (χ4v) is 5.31. The van der Waals surface area contributed by atoms with Gasteiger partial charge >= 0.3 is 0 Å². The molecule has 3 heterocycles. The fraction of sp³-hybridized carbons (Fsp3) is 0.296. The van der Waals surface area contributed by atoms with Crippen LogP contribution >= 0.6 is 15.9 Å². The quantitative estimate of drug-likeness (QED) is 0.223. The van der Waals surface area contributed by atoms with Gasteiger partial charge in [-0.1, -0.05) is 12.1 Å². The maximum Gasteiger partial charge on any atom is 0.229 e. The maximum atomic E-state index is 11.9. The standard InChI is InChI=1S/C27H31BrN8O4S/c1-4-40-25-14-24(36-9-11-39-12-10-36)19(18-15-30-35(2)17-18)13-23(25)32-27-29-16-20(28)26(33-27)31-21-7-5-6-8-22(21)34-41(3,37)38/h5-8,13-17,34H,4,9-12H2,1-3H3,(H2,29,31,32,33). The molecule has 0 amide bonds. The van der Waals surface area contributed by atoms with E-state index in [1.807, 2.05) is 38.5 Å². The van der Waals surface area contributed by atoms with E-state index in [4.69, 9.17) is 9.47 Å². The minimum atomic E-state index is -3.48. The minimum absolute atomic E-state index is 0.321. The summed E-state index contributed by atoms with van der Waals surface area (Å²) in [7, 11) is -1.59. The highest BCUT2D eigenvalue weighted by Gasteiger charge is 2.21. The summed E-state index contributed by atoms with van der Waals surface area (Å²) in [5, 5.41) is 10.9. The second-order valence-electron chi connectivity index (χ2n) is 9.36. The first-order chi connectivity index (χ1) is 19.7. The summed E-state index contributed by atoms with van der Waals surface area (Å²) in [4.78, 5) is 11.4. The number of nitrogens with one attached hydrogen (secondary N) is 3. The van der Waals surface area contributed by atoms with Crippen molar-refractivity contribution in [3.8, 4) is 16.9 Å². The van der Waals surface area contributed by atoms with Gasteiger partial charge in [0.25, 0.3) is 0 Å². The summed E-state index contributed by atoms with van der Waals surface area (Å²) >= 11 is 3.49. The molecule has 14 heteroatoms. The SMILES string of the molecule is CCOc1cc(N2CCOCC2)c(-c2cnn(C)c2)cc1Nc1ncc(Br)c(Nc2ccccc2NS(C)(=O)=O)n1. The lowest BCUT2D eigenvalue weighted by Crippen LogP contribution is -2.36. The second kappa shape index (κ2) is 12.3. The molecule has 0 atom stereocenters. The Morgan fingerprint density at radius 1 is 1.07 bits per heavy atom. The van der Waals surface area contributed by atoms with E-state index in [2.05, 4.69) is 51.3 Å². The van der Waals surface area contributed by atoms with Crippen LogP contribution in [0.15, 0.2) is 59.5 Å². The van der Waals surface area contributed by atoms with Crippen LogP contribution in [0.5, 0.6) is 5.75 Å². The van der Waals surface area contributed by atoms with Crippen molar-refractivity contribution < 1.29 is 17.9 Å². The Kier molecular flexibility index (Phi) is 8.61. The van der Waals surface area contributed by atoms with Crippen LogP contribution in [0.1, 0.15) is 6.92 Å². The number of rotatable bonds is 10. The molecular weight excluding hydrogens is 612 g/mol. The van der Waals surface area contributed by atoms with Crippen molar-refractivity contribution in [2.24, 2.45) is 7.05 Å². The van der Waals surface area contributed by atoms with Crippen molar-refractivity contribution in [3.63, 3.8) is 0 Å². The molecule has 1 fully saturated rings. The molecule has 1 aliphatic heterocycles. The van der Waals surface area contributed by atoms with Gasteiger partial charge in [-0.2, -0.15) is 10.1 Å². The first-order valence-corrected chi connectivity index (χ1v) is 15.6. The first-order valence-electron chi connectivity index (χ1n) is 13.0. The van der Waals surface area contributed by atoms with Crippen LogP contribution in [0.25, 0.3) is 11.1 Å². The highest BCUT2D eigenvalue weighted by Crippen LogP contribution is 2.41. The normalized spacial score (nSPS) is 13.6. The zero-order valence-electron chi connectivity index (χ0n) is 22.9. The summed E-state index contributed by atoms with van der Waals surface area (Å²) in [5.41, 5.74) is 4.61. The Bertz CT molecular complexity index is 1640. The van der Waals surface area contributed by atoms with Gasteiger partial charge in [-0.25, -0.2) is 13.4 Å². The molecule has 0 unspecified atom stereocenters. The van der Waals surface area contributed by atoms with E-state index in [0.29, 0.717) is 58.9 Å². The molecule has 1 aliphatic rings. The van der Waals surface area contributed by atoms with E-state index in [9.17, 15) is 8.42 Å². The Balaban J connectivity index is 1.51. The number of para-hydroxylation sites is 2. The van der Waals surface area contributed by atoms with Crippen LogP contribution in [-0.4, -0.2) is 67.3 Å². The number of ether oxygens (including phenoxy) is 2. The summed E-state index contributed by atoms with van der Waals surface area (Å²) in [6.07, 6.45) is 6.54. The van der Waals surface area contributed by atoms with Gasteiger partial charge in [0.1, 0.15) is 11.6 Å². The minimum Gasteiger partial charge on any atom is -0.492 e. The van der Waals surface area contributed by atoms with E-state index in [0.717, 1.165) is 36.2 Å². The third kappa shape index (κ3) is 7.07. The van der Waals surface area contributed by atoms with Crippen molar-refractivity contribution in [2.45, 2.75) is 6.92 Å². The van der Waals surface area contributed by atoms with E-state index >= 15 is 0 Å². The molecule has 0 bridgehead atoms. The molecule has 0 spiro atoms. The number of aromatic nitrogens is 4. The molecule has 41 heavy (non-hydrogen) atoms. The Morgan fingerprint density at radius 2 is 1.83 bits per heavy atom. The lowest BCUT2D eigenvalue weighted by molar-refractivity contribution is 0.122. The van der Waals surface area contributed by atoms with Crippen LogP contribution in [0.4, 0.5) is 34.5 Å². The zero-order chi connectivity index (χ0) is 29.0. The van der Waals surface area contributed by atoms with Crippen molar-refractivity contribution in [3.05, 3.63) is 59.5 Å². The molecule has 216 valence electrons. The Labute approximate surface area is 247 Å². The van der Waals surface area contributed by atoms with Gasteiger partial charge < -0.3 is 25.0 Å². The van der Waals surface area contributed by atoms with Gasteiger partial charge in [-0.3, -0.25) is 9.40 Å². The lowest BCUT2D eigenvalue weighted by Gasteiger charge is -2.31. The number of anilines is 6. The highest BCUT2D eigenvalue weighted by molar-refractivity contribution is 9.10. The molecule has 4 aromatic rings. The smallest absolute Gasteiger partial charge is 0.229 e. The monoisotopic (exact) mass is 642 g/mol. The predicted octanol–water partition coefficient (Wildman–Crippen LogP) is 4.73. The molecule has 0 saturated carbocycles. The van der Waals surface area contributed by atoms with E-state index < -0.39 is 10.0 Å². The van der Waals surface area contributed by atoms with Crippen LogP contribution < -0.4 is 25.0 Å². The molecule has 0 radical (unpaired) electrons. The molecule has 1 saturated heterocycles. The predicted molar refractivity (Wildman–Crippen MR) is 164 cm³/mol. The third-order valence-electron chi connectivity index (χ3n) is 6.23. The van der Waals surface area contributed by atoms with Crippen molar-refractivity contribution in [2.75, 3.05) is 59.4 Å². The average molecular weight is 644 g/mol. The van der Waals surface area contributed by atoms with Crippen molar-refractivity contribution in [1.29, 1.82) is 0 Å². The number of hydrogen-bond donors (Lipinski definition) is 3. The van der Waals surface area contributed by atoms with Gasteiger partial charge in [0, 0.05) is 55.4 Å². The number of nitrogens with zero attached hydrogens (tertiary/aromatic N) is 5. The molecule has 3 N–H and O–H groups in total. The average Bonchev–Trinajstić information content (AvgIpc) is 3.38. The molecular formula is C27H31BrN8O4S. The van der Waals surface area contributed by atoms with Gasteiger partial charge in [-0.15, -0.1) is 0 Å². The van der Waals surface area contributed by atoms with Crippen LogP contribution in [0, 0.1) is 0 Å². The van der Waals surface area contributed by atoms with Crippen molar-refractivity contribution in [1.82, 2.24) is 19.7 Å². The first kappa shape index (κ1) is 28.6. The zero-order valence-corrected chi connectivity index (χ0v) is 25.3. The Hall–Kier alpha value is -3.88. The largest absolute Gasteiger partial charge is 0.492 e. The number of morpholine rings is 1. The van der Waals surface area contributed by atoms with Crippen LogP contribution in [0.2, 0.25) is 0 Å². The molecule has 12 nitrogen and oxygen atoms in total. The molecule has 2 aromatic heterocycles. The van der Waals surface area contributed by atoms with Crippen LogP contribution in [-0.2, 0) is 21.8 Å². The highest BCUT2D eigenvalue weighted by atomic mass is 79.9. The van der Waals surface area contributed by atoms with Gasteiger partial charge in [0.15, 0.2) is 0 Å². The summed E-state index contributed by atoms with van der Waals surface area (Å²) < 4.78 is 40.3. The maximum absolute atomic E-state index is 11.9. The van der Waals surface area contributed by atoms with Gasteiger partial charge in [0.2, 0.25) is 16.0 Å². The topological polar surface area (TPSA) is 136 Å². The number of benzene rings is 2. The second-order valence-corrected chi connectivity index (χ2v) is 12.0. The summed E-state index contributed by atoms with van der Waals surface area (Å²) in [6, 6.07) is 11.0. The van der Waals surface area contributed by atoms with Gasteiger partial charge in [-0.05, 0) is 41.1 Å². The van der Waals surface area contributed by atoms with Crippen LogP contribution in [0.3, 0.4) is 0 Å².